The monoisotopic (exact) mass is 641 g/mol. The molecular weight excluding hydrogens is 618 g/mol. The fraction of sp³-hybridized carbons (Fsp3) is 0.172. The van der Waals surface area contributed by atoms with E-state index in [2.05, 4.69) is 26.6 Å². The summed E-state index contributed by atoms with van der Waals surface area (Å²) in [4.78, 5) is 51.7. The van der Waals surface area contributed by atoms with Crippen LogP contribution in [-0.4, -0.2) is 44.1 Å². The lowest BCUT2D eigenvalue weighted by Crippen LogP contribution is -2.54. The number of hydrogen-bond acceptors (Lipinski definition) is 7. The minimum Gasteiger partial charge on any atom is -0.493 e. The number of barbiturate groups is 1. The molecule has 0 atom stereocenters. The van der Waals surface area contributed by atoms with Crippen LogP contribution in [0.4, 0.5) is 16.2 Å². The highest BCUT2D eigenvalue weighted by Gasteiger charge is 2.37. The molecule has 1 fully saturated rings. The maximum atomic E-state index is 13.3. The smallest absolute Gasteiger partial charge is 0.335 e. The maximum Gasteiger partial charge on any atom is 0.335 e. The normalized spacial score (nSPS) is 14.1. The Bertz CT molecular complexity index is 1530. The fourth-order valence-corrected chi connectivity index (χ4v) is 4.42. The van der Waals surface area contributed by atoms with Crippen LogP contribution in [0.3, 0.4) is 0 Å². The van der Waals surface area contributed by atoms with Gasteiger partial charge < -0.3 is 19.5 Å². The van der Waals surface area contributed by atoms with Gasteiger partial charge in [0, 0.05) is 16.8 Å². The van der Waals surface area contributed by atoms with Crippen molar-refractivity contribution in [1.29, 1.82) is 0 Å². The average Bonchev–Trinajstić information content (AvgIpc) is 2.95. The second kappa shape index (κ2) is 13.3. The summed E-state index contributed by atoms with van der Waals surface area (Å²) in [5.74, 6) is -0.849. The number of carbonyl (C=O) groups excluding carboxylic acids is 4. The number of benzene rings is 3. The second-order valence-electron chi connectivity index (χ2n) is 8.68. The van der Waals surface area contributed by atoms with Crippen molar-refractivity contribution in [2.75, 3.05) is 30.5 Å². The van der Waals surface area contributed by atoms with E-state index in [1.807, 2.05) is 6.92 Å². The van der Waals surface area contributed by atoms with E-state index in [-0.39, 0.29) is 23.8 Å². The van der Waals surface area contributed by atoms with Gasteiger partial charge in [-0.05, 0) is 82.5 Å². The van der Waals surface area contributed by atoms with Crippen molar-refractivity contribution in [2.24, 2.45) is 0 Å². The molecule has 0 aliphatic carbocycles. The zero-order valence-electron chi connectivity index (χ0n) is 22.0. The van der Waals surface area contributed by atoms with Gasteiger partial charge in [-0.2, -0.15) is 0 Å². The van der Waals surface area contributed by atoms with Gasteiger partial charge in [0.05, 0.1) is 23.9 Å². The van der Waals surface area contributed by atoms with E-state index in [9.17, 15) is 19.2 Å². The van der Waals surface area contributed by atoms with Crippen LogP contribution in [0, 0.1) is 0 Å². The van der Waals surface area contributed by atoms with Crippen LogP contribution >= 0.6 is 27.5 Å². The summed E-state index contributed by atoms with van der Waals surface area (Å²) in [6, 6.07) is 15.2. The highest BCUT2D eigenvalue weighted by Crippen LogP contribution is 2.34. The van der Waals surface area contributed by atoms with Gasteiger partial charge in [-0.15, -0.1) is 0 Å². The Morgan fingerprint density at radius 3 is 2.41 bits per heavy atom. The quantitative estimate of drug-likeness (QED) is 0.219. The molecule has 10 nitrogen and oxygen atoms in total. The molecule has 212 valence electrons. The Morgan fingerprint density at radius 1 is 1.00 bits per heavy atom. The first kappa shape index (κ1) is 29.6. The molecule has 0 bridgehead atoms. The molecule has 2 N–H and O–H groups in total. The van der Waals surface area contributed by atoms with Crippen molar-refractivity contribution >= 4 is 68.7 Å². The third kappa shape index (κ3) is 7.24. The van der Waals surface area contributed by atoms with E-state index in [0.29, 0.717) is 44.6 Å². The Kier molecular flexibility index (Phi) is 9.64. The molecule has 0 unspecified atom stereocenters. The lowest BCUT2D eigenvalue weighted by molar-refractivity contribution is -0.122. The van der Waals surface area contributed by atoms with Crippen LogP contribution in [0.15, 0.2) is 70.7 Å². The summed E-state index contributed by atoms with van der Waals surface area (Å²) in [6.07, 6.45) is 2.14. The van der Waals surface area contributed by atoms with Crippen LogP contribution in [0.1, 0.15) is 18.9 Å². The van der Waals surface area contributed by atoms with Gasteiger partial charge in [0.15, 0.2) is 18.1 Å². The minimum atomic E-state index is -0.886. The Hall–Kier alpha value is -4.35. The second-order valence-corrected chi connectivity index (χ2v) is 9.97. The van der Waals surface area contributed by atoms with E-state index in [1.54, 1.807) is 48.5 Å². The van der Waals surface area contributed by atoms with Crippen molar-refractivity contribution in [3.63, 3.8) is 0 Å². The number of amides is 5. The molecule has 1 aliphatic rings. The largest absolute Gasteiger partial charge is 0.493 e. The predicted octanol–water partition coefficient (Wildman–Crippen LogP) is 5.58. The Morgan fingerprint density at radius 2 is 1.73 bits per heavy atom. The number of nitrogens with one attached hydrogen (secondary N) is 2. The molecule has 41 heavy (non-hydrogen) atoms. The van der Waals surface area contributed by atoms with Gasteiger partial charge in [-0.1, -0.05) is 24.6 Å². The number of halogens is 2. The molecule has 0 spiro atoms. The van der Waals surface area contributed by atoms with Crippen molar-refractivity contribution in [3.05, 3.63) is 81.3 Å². The summed E-state index contributed by atoms with van der Waals surface area (Å²) in [5, 5.41) is 5.45. The van der Waals surface area contributed by atoms with Crippen LogP contribution in [0.2, 0.25) is 5.02 Å². The lowest BCUT2D eigenvalue weighted by Gasteiger charge is -2.27. The third-order valence-corrected chi connectivity index (χ3v) is 6.59. The summed E-state index contributed by atoms with van der Waals surface area (Å²) < 4.78 is 17.1. The average molecular weight is 643 g/mol. The molecule has 0 saturated carbocycles. The first-order valence-corrected chi connectivity index (χ1v) is 13.6. The third-order valence-electron chi connectivity index (χ3n) is 5.72. The van der Waals surface area contributed by atoms with Crippen LogP contribution in [0.25, 0.3) is 6.08 Å². The molecule has 0 aromatic heterocycles. The number of carbonyl (C=O) groups is 4. The number of nitrogens with zero attached hydrogens (tertiary/aromatic N) is 1. The van der Waals surface area contributed by atoms with Gasteiger partial charge in [-0.3, -0.25) is 19.7 Å². The number of imide groups is 2. The fourth-order valence-electron chi connectivity index (χ4n) is 3.78. The molecule has 1 heterocycles. The summed E-state index contributed by atoms with van der Waals surface area (Å²) >= 11 is 9.24. The van der Waals surface area contributed by atoms with Crippen molar-refractivity contribution in [3.8, 4) is 17.2 Å². The van der Waals surface area contributed by atoms with Gasteiger partial charge in [0.25, 0.3) is 17.7 Å². The molecule has 1 aliphatic heterocycles. The number of anilines is 2. The molecule has 4 rings (SSSR count). The Balaban J connectivity index is 1.49. The van der Waals surface area contributed by atoms with E-state index in [1.165, 1.54) is 25.3 Å². The number of hydrogen-bond donors (Lipinski definition) is 2. The molecule has 1 saturated heterocycles. The standard InChI is InChI=1S/C29H25BrClN3O7/c1-3-12-40-24-11-9-20(15-25(24)39-2)34-28(37)21(27(36)33-29(34)38)13-17-4-10-23(22(30)14-17)41-16-26(35)32-19-7-5-18(31)6-8-19/h4-11,13-15H,3,12,16H2,1-2H3,(H,32,35)(H,33,36,38)/b21-13+. The van der Waals surface area contributed by atoms with E-state index >= 15 is 0 Å². The number of rotatable bonds is 10. The Labute approximate surface area is 249 Å². The van der Waals surface area contributed by atoms with Gasteiger partial charge in [0.1, 0.15) is 11.3 Å². The molecule has 0 radical (unpaired) electrons. The van der Waals surface area contributed by atoms with Crippen LogP contribution in [-0.2, 0) is 14.4 Å². The van der Waals surface area contributed by atoms with Crippen molar-refractivity contribution < 1.29 is 33.4 Å². The highest BCUT2D eigenvalue weighted by molar-refractivity contribution is 9.10. The van der Waals surface area contributed by atoms with E-state index < -0.39 is 17.8 Å². The number of methoxy groups -OCH3 is 1. The summed E-state index contributed by atoms with van der Waals surface area (Å²) in [5.41, 5.74) is 1.00. The van der Waals surface area contributed by atoms with Gasteiger partial charge >= 0.3 is 6.03 Å². The molecule has 12 heteroatoms. The van der Waals surface area contributed by atoms with Crippen LogP contribution in [0.5, 0.6) is 17.2 Å². The van der Waals surface area contributed by atoms with E-state index in [0.717, 1.165) is 11.3 Å². The zero-order chi connectivity index (χ0) is 29.5. The van der Waals surface area contributed by atoms with Gasteiger partial charge in [0.2, 0.25) is 0 Å². The summed E-state index contributed by atoms with van der Waals surface area (Å²) in [6.45, 7) is 2.17. The van der Waals surface area contributed by atoms with Crippen LogP contribution < -0.4 is 29.7 Å². The minimum absolute atomic E-state index is 0.202. The number of urea groups is 1. The van der Waals surface area contributed by atoms with Gasteiger partial charge in [-0.25, -0.2) is 9.69 Å². The first-order chi connectivity index (χ1) is 19.7. The maximum absolute atomic E-state index is 13.3. The lowest BCUT2D eigenvalue weighted by atomic mass is 10.1. The van der Waals surface area contributed by atoms with Crippen molar-refractivity contribution in [1.82, 2.24) is 5.32 Å². The molecule has 3 aromatic rings. The zero-order valence-corrected chi connectivity index (χ0v) is 24.4. The molecule has 5 amide bonds. The van der Waals surface area contributed by atoms with Crippen molar-refractivity contribution in [2.45, 2.75) is 13.3 Å². The van der Waals surface area contributed by atoms with E-state index in [4.69, 9.17) is 25.8 Å². The first-order valence-electron chi connectivity index (χ1n) is 12.4. The summed E-state index contributed by atoms with van der Waals surface area (Å²) in [7, 11) is 1.45. The molecule has 3 aromatic carbocycles. The highest BCUT2D eigenvalue weighted by atomic mass is 79.9. The predicted molar refractivity (Wildman–Crippen MR) is 158 cm³/mol. The SMILES string of the molecule is CCCOc1ccc(N2C(=O)NC(=O)/C(=C\c3ccc(OCC(=O)Nc4ccc(Cl)cc4)c(Br)c3)C2=O)cc1OC. The molecular formula is C29H25BrClN3O7. The topological polar surface area (TPSA) is 123 Å². The number of ether oxygens (including phenoxy) is 3.